The number of fused-ring (bicyclic) bond motifs is 3. The summed E-state index contributed by atoms with van der Waals surface area (Å²) in [6.07, 6.45) is 6.24. The molecule has 0 saturated heterocycles. The Morgan fingerprint density at radius 2 is 2.07 bits per heavy atom. The first kappa shape index (κ1) is 7.79. The molecule has 3 rings (SSSR count). The monoisotopic (exact) mass is 188 g/mol. The second-order valence-electron chi connectivity index (χ2n) is 3.77. The summed E-state index contributed by atoms with van der Waals surface area (Å²) in [5.74, 6) is 0.606. The maximum absolute atomic E-state index is 5.85. The van der Waals surface area contributed by atoms with Gasteiger partial charge in [0.15, 0.2) is 0 Å². The van der Waals surface area contributed by atoms with Gasteiger partial charge < -0.3 is 10.7 Å². The number of rotatable bonds is 0. The molecule has 4 heteroatoms. The summed E-state index contributed by atoms with van der Waals surface area (Å²) in [4.78, 5) is 11.6. The molecule has 0 bridgehead atoms. The van der Waals surface area contributed by atoms with Gasteiger partial charge in [-0.1, -0.05) is 0 Å². The van der Waals surface area contributed by atoms with Crippen LogP contribution in [-0.2, 0) is 12.8 Å². The van der Waals surface area contributed by atoms with Crippen molar-refractivity contribution in [2.75, 3.05) is 5.73 Å². The number of nitrogens with one attached hydrogen (secondary N) is 1. The Hall–Kier alpha value is -1.58. The Bertz CT molecular complexity index is 486. The number of aromatic amines is 1. The molecule has 72 valence electrons. The van der Waals surface area contributed by atoms with Crippen LogP contribution in [0.3, 0.4) is 0 Å². The molecule has 3 N–H and O–H groups in total. The minimum absolute atomic E-state index is 0.606. The van der Waals surface area contributed by atoms with Crippen LogP contribution in [0.1, 0.15) is 24.1 Å². The van der Waals surface area contributed by atoms with Gasteiger partial charge >= 0.3 is 0 Å². The molecule has 2 aromatic rings. The van der Waals surface area contributed by atoms with E-state index in [9.17, 15) is 0 Å². The van der Waals surface area contributed by atoms with Gasteiger partial charge in [0, 0.05) is 5.69 Å². The predicted octanol–water partition coefficient (Wildman–Crippen LogP) is 1.42. The number of anilines is 1. The summed E-state index contributed by atoms with van der Waals surface area (Å²) < 4.78 is 0. The van der Waals surface area contributed by atoms with Crippen LogP contribution in [0.2, 0.25) is 0 Å². The largest absolute Gasteiger partial charge is 0.383 e. The van der Waals surface area contributed by atoms with E-state index in [-0.39, 0.29) is 0 Å². The number of H-pyrrole nitrogens is 1. The zero-order valence-electron chi connectivity index (χ0n) is 7.88. The Labute approximate surface area is 81.6 Å². The lowest BCUT2D eigenvalue weighted by Crippen LogP contribution is -2.01. The Morgan fingerprint density at radius 3 is 3.00 bits per heavy atom. The quantitative estimate of drug-likeness (QED) is 0.657. The van der Waals surface area contributed by atoms with E-state index in [4.69, 9.17) is 5.73 Å². The molecule has 0 aromatic carbocycles. The highest BCUT2D eigenvalue weighted by atomic mass is 15.0. The van der Waals surface area contributed by atoms with Crippen molar-refractivity contribution in [1.29, 1.82) is 0 Å². The number of hydrogen-bond donors (Lipinski definition) is 2. The van der Waals surface area contributed by atoms with E-state index in [1.54, 1.807) is 0 Å². The Balaban J connectivity index is 2.38. The summed E-state index contributed by atoms with van der Waals surface area (Å²) in [5, 5.41) is 1.04. The Kier molecular flexibility index (Phi) is 1.50. The van der Waals surface area contributed by atoms with E-state index in [0.717, 1.165) is 23.9 Å². The number of aryl methyl sites for hydroxylation is 2. The first-order valence-corrected chi connectivity index (χ1v) is 4.96. The van der Waals surface area contributed by atoms with E-state index < -0.39 is 0 Å². The summed E-state index contributed by atoms with van der Waals surface area (Å²) >= 11 is 0. The summed E-state index contributed by atoms with van der Waals surface area (Å²) in [6.45, 7) is 0. The third-order valence-electron chi connectivity index (χ3n) is 2.92. The van der Waals surface area contributed by atoms with Crippen LogP contribution in [0.25, 0.3) is 11.0 Å². The minimum Gasteiger partial charge on any atom is -0.383 e. The van der Waals surface area contributed by atoms with E-state index in [2.05, 4.69) is 15.0 Å². The van der Waals surface area contributed by atoms with E-state index in [1.165, 1.54) is 30.4 Å². The van der Waals surface area contributed by atoms with Crippen LogP contribution in [0.4, 0.5) is 5.82 Å². The highest BCUT2D eigenvalue weighted by molar-refractivity contribution is 5.90. The molecule has 4 nitrogen and oxygen atoms in total. The summed E-state index contributed by atoms with van der Waals surface area (Å²) in [7, 11) is 0. The van der Waals surface area contributed by atoms with Crippen LogP contribution in [0, 0.1) is 0 Å². The molecule has 0 saturated carbocycles. The smallest absolute Gasteiger partial charge is 0.143 e. The van der Waals surface area contributed by atoms with Gasteiger partial charge in [-0.25, -0.2) is 9.97 Å². The maximum Gasteiger partial charge on any atom is 0.143 e. The average molecular weight is 188 g/mol. The molecule has 0 fully saturated rings. The van der Waals surface area contributed by atoms with Crippen LogP contribution in [0.5, 0.6) is 0 Å². The topological polar surface area (TPSA) is 67.6 Å². The molecule has 2 aromatic heterocycles. The van der Waals surface area contributed by atoms with Crippen molar-refractivity contribution in [3.8, 4) is 0 Å². The van der Waals surface area contributed by atoms with Gasteiger partial charge in [-0.2, -0.15) is 0 Å². The molecule has 0 radical (unpaired) electrons. The molecule has 0 aliphatic heterocycles. The lowest BCUT2D eigenvalue weighted by Gasteiger charge is -2.10. The van der Waals surface area contributed by atoms with Crippen molar-refractivity contribution < 1.29 is 0 Å². The number of nitrogen functional groups attached to an aromatic ring is 1. The fourth-order valence-electron chi connectivity index (χ4n) is 2.25. The first-order valence-electron chi connectivity index (χ1n) is 4.96. The lowest BCUT2D eigenvalue weighted by molar-refractivity contribution is 0.680. The Morgan fingerprint density at radius 1 is 1.21 bits per heavy atom. The molecular formula is C10H12N4. The maximum atomic E-state index is 5.85. The molecule has 14 heavy (non-hydrogen) atoms. The van der Waals surface area contributed by atoms with Crippen molar-refractivity contribution in [2.24, 2.45) is 0 Å². The number of nitrogens with zero attached hydrogens (tertiary/aromatic N) is 2. The van der Waals surface area contributed by atoms with Gasteiger partial charge in [0.25, 0.3) is 0 Å². The van der Waals surface area contributed by atoms with Gasteiger partial charge in [-0.15, -0.1) is 0 Å². The lowest BCUT2D eigenvalue weighted by atomic mass is 9.96. The zero-order chi connectivity index (χ0) is 9.54. The van der Waals surface area contributed by atoms with Gasteiger partial charge in [0.05, 0.1) is 5.39 Å². The summed E-state index contributed by atoms with van der Waals surface area (Å²) in [6, 6.07) is 0. The third-order valence-corrected chi connectivity index (χ3v) is 2.92. The van der Waals surface area contributed by atoms with Crippen molar-refractivity contribution in [3.05, 3.63) is 17.6 Å². The highest BCUT2D eigenvalue weighted by Gasteiger charge is 2.17. The average Bonchev–Trinajstić information content (AvgIpc) is 2.57. The fourth-order valence-corrected chi connectivity index (χ4v) is 2.25. The molecule has 0 spiro atoms. The van der Waals surface area contributed by atoms with Crippen molar-refractivity contribution in [3.63, 3.8) is 0 Å². The SMILES string of the molecule is Nc1ncnc2[nH]c3c(c12)CCCC3. The molecule has 2 heterocycles. The second-order valence-corrected chi connectivity index (χ2v) is 3.77. The zero-order valence-corrected chi connectivity index (χ0v) is 7.88. The molecule has 1 aliphatic rings. The van der Waals surface area contributed by atoms with Gasteiger partial charge in [-0.05, 0) is 31.2 Å². The van der Waals surface area contributed by atoms with E-state index in [0.29, 0.717) is 5.82 Å². The molecular weight excluding hydrogens is 176 g/mol. The standard InChI is InChI=1S/C10H12N4/c11-9-8-6-3-1-2-4-7(6)14-10(8)13-5-12-9/h5H,1-4H2,(H3,11,12,13,14). The van der Waals surface area contributed by atoms with E-state index in [1.807, 2.05) is 0 Å². The number of nitrogens with two attached hydrogens (primary N) is 1. The summed E-state index contributed by atoms with van der Waals surface area (Å²) in [5.41, 5.74) is 9.39. The van der Waals surface area contributed by atoms with Crippen LogP contribution in [0.15, 0.2) is 6.33 Å². The predicted molar refractivity (Wildman–Crippen MR) is 54.9 cm³/mol. The molecule has 0 unspecified atom stereocenters. The van der Waals surface area contributed by atoms with Crippen LogP contribution >= 0.6 is 0 Å². The van der Waals surface area contributed by atoms with Crippen molar-refractivity contribution >= 4 is 16.9 Å². The minimum atomic E-state index is 0.606. The highest BCUT2D eigenvalue weighted by Crippen LogP contribution is 2.30. The molecule has 0 amide bonds. The normalized spacial score (nSPS) is 15.7. The molecule has 0 atom stereocenters. The van der Waals surface area contributed by atoms with Crippen molar-refractivity contribution in [1.82, 2.24) is 15.0 Å². The van der Waals surface area contributed by atoms with E-state index >= 15 is 0 Å². The van der Waals surface area contributed by atoms with Crippen molar-refractivity contribution in [2.45, 2.75) is 25.7 Å². The van der Waals surface area contributed by atoms with Gasteiger partial charge in [-0.3, -0.25) is 0 Å². The van der Waals surface area contributed by atoms with Crippen LogP contribution < -0.4 is 5.73 Å². The second kappa shape index (κ2) is 2.70. The van der Waals surface area contributed by atoms with Gasteiger partial charge in [0.2, 0.25) is 0 Å². The first-order chi connectivity index (χ1) is 6.86. The van der Waals surface area contributed by atoms with Crippen LogP contribution in [-0.4, -0.2) is 15.0 Å². The number of aromatic nitrogens is 3. The van der Waals surface area contributed by atoms with Gasteiger partial charge in [0.1, 0.15) is 17.8 Å². The third kappa shape index (κ3) is 0.937. The molecule has 1 aliphatic carbocycles. The number of hydrogen-bond acceptors (Lipinski definition) is 3. The fraction of sp³-hybridized carbons (Fsp3) is 0.400.